The van der Waals surface area contributed by atoms with E-state index >= 15 is 0 Å². The van der Waals surface area contributed by atoms with Crippen LogP contribution in [0.5, 0.6) is 0 Å². The van der Waals surface area contributed by atoms with E-state index in [1.807, 2.05) is 0 Å². The molecule has 3 aliphatic carbocycles. The van der Waals surface area contributed by atoms with Crippen molar-refractivity contribution >= 4 is 5.97 Å². The first kappa shape index (κ1) is 18.5. The van der Waals surface area contributed by atoms with Gasteiger partial charge in [0.1, 0.15) is 41.0 Å². The monoisotopic (exact) mass is 376 g/mol. The van der Waals surface area contributed by atoms with Crippen LogP contribution in [0.2, 0.25) is 0 Å². The fourth-order valence-electron chi connectivity index (χ4n) is 5.38. The van der Waals surface area contributed by atoms with Crippen LogP contribution in [0.3, 0.4) is 0 Å². The zero-order valence-corrected chi connectivity index (χ0v) is 14.2. The van der Waals surface area contributed by atoms with Gasteiger partial charge in [0.25, 0.3) is 0 Å². The average Bonchev–Trinajstić information content (AvgIpc) is 2.64. The number of carbonyl (C=O) groups excluding carboxylic acids is 1. The summed E-state index contributed by atoms with van der Waals surface area (Å²) in [7, 11) is 0. The molecule has 10 atom stereocenters. The molecular weight excluding hydrogens is 352 g/mol. The van der Waals surface area contributed by atoms with E-state index in [-0.39, 0.29) is 12.8 Å². The van der Waals surface area contributed by atoms with Crippen molar-refractivity contribution in [2.75, 3.05) is 13.2 Å². The van der Waals surface area contributed by atoms with Gasteiger partial charge in [-0.25, -0.2) is 0 Å². The molecule has 0 amide bonds. The van der Waals surface area contributed by atoms with Crippen LogP contribution in [-0.4, -0.2) is 97.8 Å². The minimum absolute atomic E-state index is 0.0998. The Morgan fingerprint density at radius 1 is 1.12 bits per heavy atom. The maximum Gasteiger partial charge on any atom is 0.318 e. The lowest BCUT2D eigenvalue weighted by atomic mass is 9.41. The maximum atomic E-state index is 12.6. The van der Waals surface area contributed by atoms with E-state index < -0.39 is 78.5 Å². The first-order valence-corrected chi connectivity index (χ1v) is 8.68. The van der Waals surface area contributed by atoms with Gasteiger partial charge in [-0.05, 0) is 13.3 Å². The molecule has 6 N–H and O–H groups in total. The zero-order valence-electron chi connectivity index (χ0n) is 14.2. The second-order valence-electron chi connectivity index (χ2n) is 7.97. The molecule has 26 heavy (non-hydrogen) atoms. The van der Waals surface area contributed by atoms with E-state index in [2.05, 4.69) is 0 Å². The van der Waals surface area contributed by atoms with Crippen LogP contribution in [0.25, 0.3) is 0 Å². The summed E-state index contributed by atoms with van der Waals surface area (Å²) in [4.78, 5) is 12.6. The second-order valence-corrected chi connectivity index (χ2v) is 7.97. The molecule has 10 heteroatoms. The zero-order chi connectivity index (χ0) is 19.1. The molecule has 0 aromatic rings. The van der Waals surface area contributed by atoms with Crippen LogP contribution in [-0.2, 0) is 19.0 Å². The van der Waals surface area contributed by atoms with Gasteiger partial charge in [-0.2, -0.15) is 0 Å². The maximum absolute atomic E-state index is 12.6. The Kier molecular flexibility index (Phi) is 3.97. The molecule has 5 aliphatic rings. The number of rotatable bonds is 4. The predicted octanol–water partition coefficient (Wildman–Crippen LogP) is -3.38. The highest BCUT2D eigenvalue weighted by molar-refractivity contribution is 5.86. The Hall–Kier alpha value is -0.850. The third kappa shape index (κ3) is 1.86. The average molecular weight is 376 g/mol. The van der Waals surface area contributed by atoms with E-state index in [0.29, 0.717) is 0 Å². The van der Waals surface area contributed by atoms with Gasteiger partial charge in [0.05, 0.1) is 19.3 Å². The van der Waals surface area contributed by atoms with E-state index in [0.717, 1.165) is 0 Å². The van der Waals surface area contributed by atoms with Crippen LogP contribution in [0, 0.1) is 11.3 Å². The molecule has 0 radical (unpaired) electrons. The highest BCUT2D eigenvalue weighted by atomic mass is 16.7. The Morgan fingerprint density at radius 2 is 1.81 bits per heavy atom. The molecule has 0 aromatic carbocycles. The van der Waals surface area contributed by atoms with E-state index in [1.54, 1.807) is 6.92 Å². The van der Waals surface area contributed by atoms with Crippen LogP contribution in [0.15, 0.2) is 0 Å². The summed E-state index contributed by atoms with van der Waals surface area (Å²) in [5, 5.41) is 59.8. The topological polar surface area (TPSA) is 166 Å². The lowest BCUT2D eigenvalue weighted by Gasteiger charge is -2.66. The second kappa shape index (κ2) is 5.58. The summed E-state index contributed by atoms with van der Waals surface area (Å²) in [6, 6.07) is 0. The molecule has 2 saturated heterocycles. The first-order chi connectivity index (χ1) is 12.2. The molecule has 3 saturated carbocycles. The molecule has 0 aromatic heterocycles. The highest BCUT2D eigenvalue weighted by Crippen LogP contribution is 2.73. The Balaban J connectivity index is 1.68. The number of ether oxygens (including phenoxy) is 3. The van der Waals surface area contributed by atoms with Gasteiger partial charge in [-0.1, -0.05) is 0 Å². The van der Waals surface area contributed by atoms with E-state index in [1.165, 1.54) is 0 Å². The standard InChI is InChI=1S/C16H24O10/c1-14-3-7(19)6-2-16(14,15(6,5-18)13(23)26-14)25-12-11(22)10(21)9(20)8(4-17)24-12/h6-12,17-22H,2-5H2,1H3/t6-,7+,8+,9+,10-,11+,12-,14-,15-,16-/m0/s1. The minimum Gasteiger partial charge on any atom is -0.456 e. The van der Waals surface area contributed by atoms with Gasteiger partial charge in [0, 0.05) is 12.3 Å². The summed E-state index contributed by atoms with van der Waals surface area (Å²) in [6.45, 7) is 0.364. The van der Waals surface area contributed by atoms with Crippen LogP contribution in [0.1, 0.15) is 19.8 Å². The van der Waals surface area contributed by atoms with Crippen LogP contribution in [0.4, 0.5) is 0 Å². The van der Waals surface area contributed by atoms with Gasteiger partial charge >= 0.3 is 5.97 Å². The largest absolute Gasteiger partial charge is 0.456 e. The van der Waals surface area contributed by atoms with Gasteiger partial charge in [0.2, 0.25) is 0 Å². The molecule has 0 spiro atoms. The molecule has 148 valence electrons. The van der Waals surface area contributed by atoms with Crippen LogP contribution >= 0.6 is 0 Å². The number of aliphatic hydroxyl groups excluding tert-OH is 6. The number of hydrogen-bond acceptors (Lipinski definition) is 10. The summed E-state index contributed by atoms with van der Waals surface area (Å²) < 4.78 is 16.9. The van der Waals surface area contributed by atoms with Crippen molar-refractivity contribution < 1.29 is 49.6 Å². The molecular formula is C16H24O10. The molecule has 2 aliphatic heterocycles. The van der Waals surface area contributed by atoms with Crippen molar-refractivity contribution in [2.24, 2.45) is 11.3 Å². The van der Waals surface area contributed by atoms with Gasteiger partial charge in [-0.15, -0.1) is 0 Å². The minimum atomic E-state index is -1.64. The molecule has 4 bridgehead atoms. The van der Waals surface area contributed by atoms with Crippen molar-refractivity contribution in [1.82, 2.24) is 0 Å². The van der Waals surface area contributed by atoms with Crippen molar-refractivity contribution in [3.8, 4) is 0 Å². The summed E-state index contributed by atoms with van der Waals surface area (Å²) >= 11 is 0. The smallest absolute Gasteiger partial charge is 0.318 e. The molecule has 5 fully saturated rings. The van der Waals surface area contributed by atoms with Crippen molar-refractivity contribution in [1.29, 1.82) is 0 Å². The Morgan fingerprint density at radius 3 is 2.42 bits per heavy atom. The normalized spacial score (nSPS) is 58.3. The predicted molar refractivity (Wildman–Crippen MR) is 80.3 cm³/mol. The summed E-state index contributed by atoms with van der Waals surface area (Å²) in [5.41, 5.74) is -4.10. The molecule has 0 unspecified atom stereocenters. The SMILES string of the molecule is C[C@]12C[C@@H](O)[C@@H]3C[C@@]1(O[C@@H]1O[C@H](CO)[C@@H](O)[C@H](O)[C@H]1O)[C@]3(CO)C(=O)O2. The van der Waals surface area contributed by atoms with Gasteiger partial charge in [0.15, 0.2) is 6.29 Å². The molecule has 10 nitrogen and oxygen atoms in total. The lowest BCUT2D eigenvalue weighted by molar-refractivity contribution is -0.394. The van der Waals surface area contributed by atoms with Crippen molar-refractivity contribution in [3.63, 3.8) is 0 Å². The Bertz CT molecular complexity index is 612. The molecule has 2 heterocycles. The summed E-state index contributed by atoms with van der Waals surface area (Å²) in [5.74, 6) is -1.24. The highest BCUT2D eigenvalue weighted by Gasteiger charge is 2.88. The Labute approximate surface area is 148 Å². The third-order valence-electron chi connectivity index (χ3n) is 6.88. The number of carbonyl (C=O) groups is 1. The van der Waals surface area contributed by atoms with E-state index in [4.69, 9.17) is 14.2 Å². The van der Waals surface area contributed by atoms with E-state index in [9.17, 15) is 35.4 Å². The van der Waals surface area contributed by atoms with Crippen molar-refractivity contribution in [3.05, 3.63) is 0 Å². The summed E-state index contributed by atoms with van der Waals surface area (Å²) in [6.07, 6.45) is -7.96. The number of fused-ring (bicyclic) bond motifs is 1. The van der Waals surface area contributed by atoms with Gasteiger partial charge in [-0.3, -0.25) is 4.79 Å². The van der Waals surface area contributed by atoms with Crippen molar-refractivity contribution in [2.45, 2.75) is 67.8 Å². The fraction of sp³-hybridized carbons (Fsp3) is 0.938. The first-order valence-electron chi connectivity index (χ1n) is 8.68. The van der Waals surface area contributed by atoms with Crippen LogP contribution < -0.4 is 0 Å². The number of hydrogen-bond donors (Lipinski definition) is 6. The van der Waals surface area contributed by atoms with Gasteiger partial charge < -0.3 is 44.8 Å². The third-order valence-corrected chi connectivity index (χ3v) is 6.88. The quantitative estimate of drug-likeness (QED) is 0.273. The number of esters is 1. The molecule has 5 rings (SSSR count). The number of aliphatic hydroxyl groups is 6. The fourth-order valence-corrected chi connectivity index (χ4v) is 5.38. The lowest BCUT2D eigenvalue weighted by Crippen LogP contribution is -2.80.